The van der Waals surface area contributed by atoms with Crippen molar-refractivity contribution in [2.45, 2.75) is 37.4 Å². The van der Waals surface area contributed by atoms with Crippen LogP contribution in [0.1, 0.15) is 19.3 Å². The van der Waals surface area contributed by atoms with Crippen molar-refractivity contribution in [2.24, 2.45) is 0 Å². The molecule has 3 atom stereocenters. The predicted octanol–water partition coefficient (Wildman–Crippen LogP) is 1.91. The maximum Gasteiger partial charge on any atom is 0.332 e. The zero-order valence-corrected chi connectivity index (χ0v) is 16.5. The lowest BCUT2D eigenvalue weighted by Crippen LogP contribution is -2.54. The number of rotatable bonds is 4. The van der Waals surface area contributed by atoms with E-state index < -0.39 is 12.0 Å². The van der Waals surface area contributed by atoms with E-state index in [9.17, 15) is 19.2 Å². The van der Waals surface area contributed by atoms with Crippen molar-refractivity contribution in [1.29, 1.82) is 0 Å². The van der Waals surface area contributed by atoms with E-state index in [1.807, 2.05) is 36.4 Å². The first-order valence-electron chi connectivity index (χ1n) is 10.0. The molecule has 0 aliphatic carbocycles. The molecule has 2 aromatic carbocycles. The molecule has 5 rings (SSSR count). The summed E-state index contributed by atoms with van der Waals surface area (Å²) < 4.78 is 4.60. The van der Waals surface area contributed by atoms with Crippen LogP contribution in [0.25, 0.3) is 10.8 Å². The second-order valence-corrected chi connectivity index (χ2v) is 7.89. The van der Waals surface area contributed by atoms with Crippen LogP contribution in [0.5, 0.6) is 0 Å². The maximum absolute atomic E-state index is 13.4. The number of imide groups is 1. The number of piperazine rings is 1. The van der Waals surface area contributed by atoms with Gasteiger partial charge in [0, 0.05) is 18.4 Å². The van der Waals surface area contributed by atoms with Gasteiger partial charge in [0.05, 0.1) is 31.3 Å². The van der Waals surface area contributed by atoms with Gasteiger partial charge in [0.2, 0.25) is 5.91 Å². The minimum absolute atomic E-state index is 0.00656. The Morgan fingerprint density at radius 2 is 1.83 bits per heavy atom. The van der Waals surface area contributed by atoms with Crippen molar-refractivity contribution in [3.8, 4) is 0 Å². The van der Waals surface area contributed by atoms with E-state index in [4.69, 9.17) is 0 Å². The van der Waals surface area contributed by atoms with Gasteiger partial charge in [-0.2, -0.15) is 0 Å². The second-order valence-electron chi connectivity index (χ2n) is 7.89. The van der Waals surface area contributed by atoms with Gasteiger partial charge in [0.1, 0.15) is 6.04 Å². The standard InChI is InChI=1S/C22H21N3O5/c1-30-19(27)10-9-18(26)23-12-14-11-17(23)20-21(28)25(22(29)24(14)20)16-8-4-6-13-5-2-3-7-15(13)16/h2-8,14,17,20H,9-12H2,1H3/t14-,17-,20-/m0/s1. The minimum Gasteiger partial charge on any atom is -0.469 e. The monoisotopic (exact) mass is 407 g/mol. The highest BCUT2D eigenvalue weighted by Crippen LogP contribution is 2.43. The summed E-state index contributed by atoms with van der Waals surface area (Å²) in [7, 11) is 1.28. The molecule has 2 aromatic rings. The van der Waals surface area contributed by atoms with Gasteiger partial charge < -0.3 is 14.5 Å². The zero-order chi connectivity index (χ0) is 21.0. The number of urea groups is 1. The van der Waals surface area contributed by atoms with Crippen molar-refractivity contribution < 1.29 is 23.9 Å². The van der Waals surface area contributed by atoms with Gasteiger partial charge in [-0.05, 0) is 17.9 Å². The number of benzene rings is 2. The van der Waals surface area contributed by atoms with E-state index >= 15 is 0 Å². The van der Waals surface area contributed by atoms with Crippen molar-refractivity contribution in [3.63, 3.8) is 0 Å². The zero-order valence-electron chi connectivity index (χ0n) is 16.5. The third-order valence-electron chi connectivity index (χ3n) is 6.36. The van der Waals surface area contributed by atoms with Crippen molar-refractivity contribution in [2.75, 3.05) is 18.6 Å². The summed E-state index contributed by atoms with van der Waals surface area (Å²) in [6.45, 7) is 0.392. The molecule has 30 heavy (non-hydrogen) atoms. The lowest BCUT2D eigenvalue weighted by atomic mass is 10.1. The van der Waals surface area contributed by atoms with Crippen LogP contribution in [-0.4, -0.2) is 65.4 Å². The fourth-order valence-corrected chi connectivity index (χ4v) is 5.02. The van der Waals surface area contributed by atoms with Crippen LogP contribution in [0, 0.1) is 0 Å². The van der Waals surface area contributed by atoms with Crippen LogP contribution in [-0.2, 0) is 19.1 Å². The first-order valence-corrected chi connectivity index (χ1v) is 10.0. The van der Waals surface area contributed by atoms with Gasteiger partial charge in [-0.3, -0.25) is 14.4 Å². The molecule has 3 saturated heterocycles. The summed E-state index contributed by atoms with van der Waals surface area (Å²) in [5.41, 5.74) is 0.570. The number of carbonyl (C=O) groups excluding carboxylic acids is 4. The van der Waals surface area contributed by atoms with Gasteiger partial charge in [-0.25, -0.2) is 9.69 Å². The third kappa shape index (κ3) is 2.59. The molecule has 4 amide bonds. The number of hydrogen-bond acceptors (Lipinski definition) is 5. The summed E-state index contributed by atoms with van der Waals surface area (Å²) in [6.07, 6.45) is 0.639. The van der Waals surface area contributed by atoms with E-state index in [0.717, 1.165) is 10.8 Å². The highest BCUT2D eigenvalue weighted by molar-refractivity contribution is 6.25. The molecule has 0 radical (unpaired) electrons. The summed E-state index contributed by atoms with van der Waals surface area (Å²) in [5.74, 6) is -0.922. The summed E-state index contributed by atoms with van der Waals surface area (Å²) >= 11 is 0. The summed E-state index contributed by atoms with van der Waals surface area (Å²) in [5, 5.41) is 1.78. The molecule has 3 aliphatic heterocycles. The molecule has 0 saturated carbocycles. The molecule has 0 unspecified atom stereocenters. The number of nitrogens with zero attached hydrogens (tertiary/aromatic N) is 3. The highest BCUT2D eigenvalue weighted by atomic mass is 16.5. The quantitative estimate of drug-likeness (QED) is 0.571. The Morgan fingerprint density at radius 1 is 1.07 bits per heavy atom. The average molecular weight is 407 g/mol. The van der Waals surface area contributed by atoms with Crippen LogP contribution < -0.4 is 4.90 Å². The molecule has 8 heteroatoms. The lowest BCUT2D eigenvalue weighted by molar-refractivity contribution is -0.144. The first kappa shape index (κ1) is 18.6. The van der Waals surface area contributed by atoms with Gasteiger partial charge >= 0.3 is 12.0 Å². The third-order valence-corrected chi connectivity index (χ3v) is 6.36. The van der Waals surface area contributed by atoms with Crippen LogP contribution in [0.15, 0.2) is 42.5 Å². The van der Waals surface area contributed by atoms with E-state index in [1.54, 1.807) is 15.9 Å². The number of amides is 4. The number of hydrogen-bond donors (Lipinski definition) is 0. The largest absolute Gasteiger partial charge is 0.469 e. The fraction of sp³-hybridized carbons (Fsp3) is 0.364. The number of likely N-dealkylation sites (tertiary alicyclic amines) is 1. The van der Waals surface area contributed by atoms with Crippen molar-refractivity contribution in [1.82, 2.24) is 9.80 Å². The summed E-state index contributed by atoms with van der Waals surface area (Å²) in [4.78, 5) is 55.2. The Balaban J connectivity index is 1.42. The highest BCUT2D eigenvalue weighted by Gasteiger charge is 2.62. The fourth-order valence-electron chi connectivity index (χ4n) is 5.02. The van der Waals surface area contributed by atoms with Crippen LogP contribution in [0.2, 0.25) is 0 Å². The van der Waals surface area contributed by atoms with Crippen LogP contribution in [0.3, 0.4) is 0 Å². The normalized spacial score (nSPS) is 24.7. The molecule has 0 aromatic heterocycles. The van der Waals surface area contributed by atoms with E-state index in [-0.39, 0.29) is 42.8 Å². The Bertz CT molecular complexity index is 1080. The van der Waals surface area contributed by atoms with Crippen LogP contribution >= 0.6 is 0 Å². The van der Waals surface area contributed by atoms with Crippen molar-refractivity contribution >= 4 is 40.3 Å². The number of fused-ring (bicyclic) bond motifs is 6. The van der Waals surface area contributed by atoms with E-state index in [2.05, 4.69) is 4.74 Å². The number of esters is 1. The number of anilines is 1. The molecule has 8 nitrogen and oxygen atoms in total. The van der Waals surface area contributed by atoms with Gasteiger partial charge in [0.25, 0.3) is 5.91 Å². The second kappa shape index (κ2) is 6.83. The Kier molecular flexibility index (Phi) is 4.23. The van der Waals surface area contributed by atoms with E-state index in [0.29, 0.717) is 18.7 Å². The summed E-state index contributed by atoms with van der Waals surface area (Å²) in [6, 6.07) is 11.7. The molecule has 3 aliphatic rings. The number of ether oxygens (including phenoxy) is 1. The maximum atomic E-state index is 13.4. The SMILES string of the molecule is COC(=O)CCC(=O)N1C[C@@H]2C[C@H]1[C@H]1C(=O)N(c3cccc4ccccc34)C(=O)N21. The number of methoxy groups -OCH3 is 1. The molecule has 2 bridgehead atoms. The lowest BCUT2D eigenvalue weighted by Gasteiger charge is -2.34. The van der Waals surface area contributed by atoms with Gasteiger partial charge in [-0.1, -0.05) is 36.4 Å². The smallest absolute Gasteiger partial charge is 0.332 e. The Labute approximate surface area is 173 Å². The molecular weight excluding hydrogens is 386 g/mol. The topological polar surface area (TPSA) is 87.2 Å². The first-order chi connectivity index (χ1) is 14.5. The molecule has 0 N–H and O–H groups in total. The molecular formula is C22H21N3O5. The van der Waals surface area contributed by atoms with E-state index in [1.165, 1.54) is 12.0 Å². The van der Waals surface area contributed by atoms with Crippen molar-refractivity contribution in [3.05, 3.63) is 42.5 Å². The molecule has 3 heterocycles. The van der Waals surface area contributed by atoms with Gasteiger partial charge in [-0.15, -0.1) is 0 Å². The molecule has 154 valence electrons. The minimum atomic E-state index is -0.669. The number of carbonyl (C=O) groups is 4. The van der Waals surface area contributed by atoms with Gasteiger partial charge in [0.15, 0.2) is 0 Å². The Hall–Kier alpha value is -3.42. The van der Waals surface area contributed by atoms with Crippen LogP contribution in [0.4, 0.5) is 10.5 Å². The average Bonchev–Trinajstić information content (AvgIpc) is 3.43. The molecule has 3 fully saturated rings. The predicted molar refractivity (Wildman–Crippen MR) is 108 cm³/mol. The Morgan fingerprint density at radius 3 is 2.63 bits per heavy atom. The molecule has 0 spiro atoms.